The van der Waals surface area contributed by atoms with Gasteiger partial charge in [0, 0.05) is 0 Å². The number of aryl methyl sites for hydroxylation is 1. The summed E-state index contributed by atoms with van der Waals surface area (Å²) in [6.07, 6.45) is 3.94. The monoisotopic (exact) mass is 361 g/mol. The SMILES string of the molecule is Cc1ccc(S(=O)(=O)N2c3ccccc3C=CC2c2ccccc2)cc1. The molecule has 0 aromatic heterocycles. The van der Waals surface area contributed by atoms with Gasteiger partial charge in [-0.05, 0) is 36.2 Å². The number of rotatable bonds is 3. The Balaban J connectivity index is 1.91. The van der Waals surface area contributed by atoms with E-state index in [1.54, 1.807) is 12.1 Å². The molecule has 0 saturated carbocycles. The molecule has 0 aliphatic carbocycles. The van der Waals surface area contributed by atoms with Crippen molar-refractivity contribution in [1.29, 1.82) is 0 Å². The van der Waals surface area contributed by atoms with Crippen molar-refractivity contribution < 1.29 is 8.42 Å². The van der Waals surface area contributed by atoms with Gasteiger partial charge in [-0.15, -0.1) is 0 Å². The largest absolute Gasteiger partial charge is 0.265 e. The molecule has 0 bridgehead atoms. The average Bonchev–Trinajstić information content (AvgIpc) is 2.68. The van der Waals surface area contributed by atoms with Gasteiger partial charge in [-0.3, -0.25) is 4.31 Å². The fourth-order valence-corrected chi connectivity index (χ4v) is 4.87. The molecule has 26 heavy (non-hydrogen) atoms. The van der Waals surface area contributed by atoms with Gasteiger partial charge in [0.15, 0.2) is 0 Å². The number of anilines is 1. The standard InChI is InChI=1S/C22H19NO2S/c1-17-11-14-20(15-12-17)26(24,25)23-21-10-6-5-9-19(21)13-16-22(23)18-7-3-2-4-8-18/h2-16,22H,1H3. The fourth-order valence-electron chi connectivity index (χ4n) is 3.25. The molecule has 1 aliphatic rings. The van der Waals surface area contributed by atoms with Crippen LogP contribution in [0.3, 0.4) is 0 Å². The van der Waals surface area contributed by atoms with E-state index < -0.39 is 10.0 Å². The maximum atomic E-state index is 13.5. The van der Waals surface area contributed by atoms with Gasteiger partial charge < -0.3 is 0 Å². The minimum absolute atomic E-state index is 0.300. The van der Waals surface area contributed by atoms with Crippen LogP contribution in [-0.4, -0.2) is 8.42 Å². The molecule has 0 spiro atoms. The van der Waals surface area contributed by atoms with E-state index in [1.807, 2.05) is 85.8 Å². The molecule has 1 unspecified atom stereocenters. The first kappa shape index (κ1) is 16.6. The predicted molar refractivity (Wildman–Crippen MR) is 106 cm³/mol. The quantitative estimate of drug-likeness (QED) is 0.661. The highest BCUT2D eigenvalue weighted by molar-refractivity contribution is 7.92. The Morgan fingerprint density at radius 3 is 2.19 bits per heavy atom. The third-order valence-electron chi connectivity index (χ3n) is 4.60. The second-order valence-corrected chi connectivity index (χ2v) is 8.20. The van der Waals surface area contributed by atoms with Gasteiger partial charge in [0.1, 0.15) is 0 Å². The highest BCUT2D eigenvalue weighted by atomic mass is 32.2. The number of hydrogen-bond acceptors (Lipinski definition) is 2. The molecule has 0 saturated heterocycles. The lowest BCUT2D eigenvalue weighted by atomic mass is 10.00. The minimum atomic E-state index is -3.71. The molecule has 130 valence electrons. The van der Waals surface area contributed by atoms with Gasteiger partial charge in [-0.2, -0.15) is 0 Å². The molecule has 4 heteroatoms. The van der Waals surface area contributed by atoms with Crippen LogP contribution in [0, 0.1) is 6.92 Å². The van der Waals surface area contributed by atoms with Gasteiger partial charge in [-0.25, -0.2) is 8.42 Å². The molecule has 3 aromatic carbocycles. The number of nitrogens with zero attached hydrogens (tertiary/aromatic N) is 1. The van der Waals surface area contributed by atoms with Crippen LogP contribution in [0.15, 0.2) is 89.8 Å². The van der Waals surface area contributed by atoms with Crippen LogP contribution < -0.4 is 4.31 Å². The Labute approximate surface area is 154 Å². The van der Waals surface area contributed by atoms with Gasteiger partial charge in [-0.1, -0.05) is 78.4 Å². The minimum Gasteiger partial charge on any atom is -0.254 e. The van der Waals surface area contributed by atoms with Crippen LogP contribution in [0.4, 0.5) is 5.69 Å². The van der Waals surface area contributed by atoms with Crippen molar-refractivity contribution in [3.63, 3.8) is 0 Å². The van der Waals surface area contributed by atoms with Gasteiger partial charge in [0.05, 0.1) is 16.6 Å². The zero-order valence-electron chi connectivity index (χ0n) is 14.4. The molecule has 0 amide bonds. The lowest BCUT2D eigenvalue weighted by Gasteiger charge is -2.35. The van der Waals surface area contributed by atoms with Crippen molar-refractivity contribution in [2.75, 3.05) is 4.31 Å². The lowest BCUT2D eigenvalue weighted by Crippen LogP contribution is -2.36. The van der Waals surface area contributed by atoms with Crippen LogP contribution >= 0.6 is 0 Å². The first-order valence-corrected chi connectivity index (χ1v) is 9.95. The molecule has 0 fully saturated rings. The van der Waals surface area contributed by atoms with Crippen LogP contribution in [0.2, 0.25) is 0 Å². The molecule has 3 aromatic rings. The van der Waals surface area contributed by atoms with Crippen molar-refractivity contribution in [2.45, 2.75) is 17.9 Å². The van der Waals surface area contributed by atoms with E-state index in [2.05, 4.69) is 0 Å². The Bertz CT molecular complexity index is 1050. The number of para-hydroxylation sites is 1. The molecular weight excluding hydrogens is 342 g/mol. The van der Waals surface area contributed by atoms with Gasteiger partial charge >= 0.3 is 0 Å². The highest BCUT2D eigenvalue weighted by Gasteiger charge is 2.34. The third-order valence-corrected chi connectivity index (χ3v) is 6.41. The van der Waals surface area contributed by atoms with Gasteiger partial charge in [0.2, 0.25) is 0 Å². The number of hydrogen-bond donors (Lipinski definition) is 0. The zero-order chi connectivity index (χ0) is 18.1. The fraction of sp³-hybridized carbons (Fsp3) is 0.0909. The topological polar surface area (TPSA) is 37.4 Å². The smallest absolute Gasteiger partial charge is 0.254 e. The van der Waals surface area contributed by atoms with Gasteiger partial charge in [0.25, 0.3) is 10.0 Å². The first-order chi connectivity index (χ1) is 12.6. The average molecular weight is 361 g/mol. The molecule has 4 rings (SSSR count). The number of sulfonamides is 1. The lowest BCUT2D eigenvalue weighted by molar-refractivity contribution is 0.586. The van der Waals surface area contributed by atoms with Crippen molar-refractivity contribution in [1.82, 2.24) is 0 Å². The molecular formula is C22H19NO2S. The normalized spacial score (nSPS) is 16.3. The summed E-state index contributed by atoms with van der Waals surface area (Å²) in [6, 6.07) is 23.9. The Hall–Kier alpha value is -2.85. The van der Waals surface area contributed by atoms with E-state index >= 15 is 0 Å². The third kappa shape index (κ3) is 2.82. The van der Waals surface area contributed by atoms with Crippen molar-refractivity contribution >= 4 is 21.8 Å². The van der Waals surface area contributed by atoms with E-state index in [-0.39, 0.29) is 6.04 Å². The summed E-state index contributed by atoms with van der Waals surface area (Å²) in [5, 5.41) is 0. The summed E-state index contributed by atoms with van der Waals surface area (Å²) < 4.78 is 28.6. The van der Waals surface area contributed by atoms with Crippen LogP contribution in [0.5, 0.6) is 0 Å². The summed E-state index contributed by atoms with van der Waals surface area (Å²) in [5.41, 5.74) is 3.57. The Morgan fingerprint density at radius 2 is 1.46 bits per heavy atom. The maximum Gasteiger partial charge on any atom is 0.265 e. The molecule has 0 radical (unpaired) electrons. The summed E-state index contributed by atoms with van der Waals surface area (Å²) in [6.45, 7) is 1.95. The molecule has 0 N–H and O–H groups in total. The zero-order valence-corrected chi connectivity index (χ0v) is 15.2. The predicted octanol–water partition coefficient (Wildman–Crippen LogP) is 4.96. The van der Waals surface area contributed by atoms with Crippen molar-refractivity contribution in [3.8, 4) is 0 Å². The van der Waals surface area contributed by atoms with Crippen LogP contribution in [0.25, 0.3) is 6.08 Å². The molecule has 3 nitrogen and oxygen atoms in total. The van der Waals surface area contributed by atoms with Crippen molar-refractivity contribution in [2.24, 2.45) is 0 Å². The van der Waals surface area contributed by atoms with E-state index in [9.17, 15) is 8.42 Å². The highest BCUT2D eigenvalue weighted by Crippen LogP contribution is 2.40. The van der Waals surface area contributed by atoms with Crippen molar-refractivity contribution in [3.05, 3.63) is 102 Å². The van der Waals surface area contributed by atoms with Crippen LogP contribution in [0.1, 0.15) is 22.7 Å². The first-order valence-electron chi connectivity index (χ1n) is 8.51. The molecule has 1 atom stereocenters. The van der Waals surface area contributed by atoms with E-state index in [0.717, 1.165) is 16.7 Å². The van der Waals surface area contributed by atoms with E-state index in [0.29, 0.717) is 10.6 Å². The second-order valence-electron chi connectivity index (χ2n) is 6.39. The summed E-state index contributed by atoms with van der Waals surface area (Å²) in [4.78, 5) is 0.300. The van der Waals surface area contributed by atoms with Crippen LogP contribution in [-0.2, 0) is 10.0 Å². The number of benzene rings is 3. The summed E-state index contributed by atoms with van der Waals surface area (Å²) in [5.74, 6) is 0. The van der Waals surface area contributed by atoms with E-state index in [4.69, 9.17) is 0 Å². The summed E-state index contributed by atoms with van der Waals surface area (Å²) >= 11 is 0. The Morgan fingerprint density at radius 1 is 0.808 bits per heavy atom. The molecule has 1 aliphatic heterocycles. The maximum absolute atomic E-state index is 13.5. The number of fused-ring (bicyclic) bond motifs is 1. The Kier molecular flexibility index (Phi) is 4.13. The second kappa shape index (κ2) is 6.46. The van der Waals surface area contributed by atoms with E-state index in [1.165, 1.54) is 4.31 Å². The summed E-state index contributed by atoms with van der Waals surface area (Å²) in [7, 11) is -3.71. The molecule has 1 heterocycles.